The standard InChI is InChI=1S/C23F12N4/c24-11-5(1-36)8(14(27)20(33)17(11)30)23(4-39,9-6(2-37)12(25)18(31)21(34)15(9)28)10-7(3-38)13(26)19(32)22(35)16(10)29. The van der Waals surface area contributed by atoms with E-state index in [1.807, 2.05) is 0 Å². The molecule has 0 bridgehead atoms. The maximum atomic E-state index is 15.2. The largest absolute Gasteiger partial charge is 0.203 e. The summed E-state index contributed by atoms with van der Waals surface area (Å²) in [7, 11) is 0. The first-order chi connectivity index (χ1) is 18.2. The van der Waals surface area contributed by atoms with E-state index in [9.17, 15) is 60.6 Å². The van der Waals surface area contributed by atoms with Crippen LogP contribution in [0.4, 0.5) is 52.7 Å². The lowest BCUT2D eigenvalue weighted by Crippen LogP contribution is -2.37. The molecule has 0 N–H and O–H groups in total. The first-order valence-corrected chi connectivity index (χ1v) is 9.41. The van der Waals surface area contributed by atoms with E-state index in [-0.39, 0.29) is 0 Å². The van der Waals surface area contributed by atoms with Gasteiger partial charge in [-0.3, -0.25) is 0 Å². The van der Waals surface area contributed by atoms with Gasteiger partial charge in [0.05, 0.1) is 22.8 Å². The van der Waals surface area contributed by atoms with Crippen LogP contribution in [-0.2, 0) is 5.41 Å². The Bertz CT molecular complexity index is 1590. The highest BCUT2D eigenvalue weighted by atomic mass is 19.2. The van der Waals surface area contributed by atoms with Gasteiger partial charge >= 0.3 is 0 Å². The van der Waals surface area contributed by atoms with Gasteiger partial charge in [-0.1, -0.05) is 0 Å². The zero-order valence-electron chi connectivity index (χ0n) is 17.8. The van der Waals surface area contributed by atoms with Crippen LogP contribution in [0, 0.1) is 115 Å². The molecule has 16 heteroatoms. The third-order valence-corrected chi connectivity index (χ3v) is 5.43. The summed E-state index contributed by atoms with van der Waals surface area (Å²) in [4.78, 5) is 0. The van der Waals surface area contributed by atoms with Gasteiger partial charge in [0.1, 0.15) is 23.6 Å². The molecule has 3 rings (SSSR count). The second-order valence-corrected chi connectivity index (χ2v) is 7.22. The van der Waals surface area contributed by atoms with Crippen molar-refractivity contribution >= 4 is 0 Å². The number of hydrogen-bond donors (Lipinski definition) is 0. The number of hydrogen-bond acceptors (Lipinski definition) is 4. The minimum Gasteiger partial charge on any atom is -0.203 e. The van der Waals surface area contributed by atoms with Crippen LogP contribution in [0.2, 0.25) is 0 Å². The van der Waals surface area contributed by atoms with Crippen LogP contribution in [0.5, 0.6) is 0 Å². The Morgan fingerprint density at radius 1 is 0.333 bits per heavy atom. The molecule has 0 aliphatic rings. The van der Waals surface area contributed by atoms with Gasteiger partial charge in [0.25, 0.3) is 0 Å². The smallest absolute Gasteiger partial charge is 0.198 e. The van der Waals surface area contributed by atoms with Gasteiger partial charge in [-0.15, -0.1) is 0 Å². The first-order valence-electron chi connectivity index (χ1n) is 9.41. The van der Waals surface area contributed by atoms with Crippen LogP contribution in [0.3, 0.4) is 0 Å². The summed E-state index contributed by atoms with van der Waals surface area (Å²) in [6, 6.07) is 2.51. The molecule has 0 aliphatic heterocycles. The Balaban J connectivity index is 2.99. The van der Waals surface area contributed by atoms with Gasteiger partial charge in [0, 0.05) is 16.7 Å². The third-order valence-electron chi connectivity index (χ3n) is 5.43. The Kier molecular flexibility index (Phi) is 6.97. The molecule has 0 fully saturated rings. The fourth-order valence-corrected chi connectivity index (χ4v) is 3.81. The lowest BCUT2D eigenvalue weighted by molar-refractivity contribution is 0.378. The van der Waals surface area contributed by atoms with Gasteiger partial charge < -0.3 is 0 Å². The summed E-state index contributed by atoms with van der Waals surface area (Å²) in [6.07, 6.45) is 0. The van der Waals surface area contributed by atoms with Gasteiger partial charge in [-0.05, 0) is 0 Å². The van der Waals surface area contributed by atoms with Gasteiger partial charge in [-0.2, -0.15) is 21.0 Å². The highest BCUT2D eigenvalue weighted by Gasteiger charge is 2.53. The molecule has 0 unspecified atom stereocenters. The van der Waals surface area contributed by atoms with Crippen LogP contribution in [0.1, 0.15) is 33.4 Å². The van der Waals surface area contributed by atoms with Crippen LogP contribution < -0.4 is 0 Å². The minimum atomic E-state index is -4.64. The molecule has 0 saturated heterocycles. The summed E-state index contributed by atoms with van der Waals surface area (Å²) >= 11 is 0. The minimum absolute atomic E-state index is 0.592. The van der Waals surface area contributed by atoms with Crippen molar-refractivity contribution < 1.29 is 52.7 Å². The first kappa shape index (κ1) is 28.4. The van der Waals surface area contributed by atoms with Crippen molar-refractivity contribution in [2.45, 2.75) is 5.41 Å². The zero-order chi connectivity index (χ0) is 29.7. The maximum absolute atomic E-state index is 15.2. The number of rotatable bonds is 3. The quantitative estimate of drug-likeness (QED) is 0.174. The topological polar surface area (TPSA) is 95.2 Å². The summed E-state index contributed by atoms with van der Waals surface area (Å²) in [5.74, 6) is -34.5. The molecule has 0 spiro atoms. The second kappa shape index (κ2) is 9.58. The lowest BCUT2D eigenvalue weighted by Gasteiger charge is -2.32. The number of nitriles is 4. The van der Waals surface area contributed by atoms with E-state index in [0.717, 1.165) is 0 Å². The Morgan fingerprint density at radius 2 is 0.538 bits per heavy atom. The summed E-state index contributed by atoms with van der Waals surface area (Å²) in [5, 5.41) is 37.9. The average molecular weight is 560 g/mol. The summed E-state index contributed by atoms with van der Waals surface area (Å²) < 4.78 is 174. The van der Waals surface area contributed by atoms with Crippen LogP contribution in [-0.4, -0.2) is 0 Å². The van der Waals surface area contributed by atoms with Crippen molar-refractivity contribution in [2.75, 3.05) is 0 Å². The molecule has 196 valence electrons. The molecule has 3 aromatic rings. The normalized spacial score (nSPS) is 11.0. The fraction of sp³-hybridized carbons (Fsp3) is 0.0435. The Labute approximate surface area is 207 Å². The third kappa shape index (κ3) is 3.53. The Hall–Kier alpha value is -5.22. The van der Waals surface area contributed by atoms with Gasteiger partial charge in [0.15, 0.2) is 69.8 Å². The molecule has 0 atom stereocenters. The molecule has 3 aromatic carbocycles. The molecule has 0 amide bonds. The number of nitrogens with zero attached hydrogens (tertiary/aromatic N) is 4. The van der Waals surface area contributed by atoms with E-state index in [1.54, 1.807) is 0 Å². The van der Waals surface area contributed by atoms with Crippen molar-refractivity contribution in [3.8, 4) is 24.3 Å². The summed E-state index contributed by atoms with van der Waals surface area (Å²) in [6.45, 7) is 0. The zero-order valence-corrected chi connectivity index (χ0v) is 17.8. The highest BCUT2D eigenvalue weighted by Crippen LogP contribution is 2.49. The van der Waals surface area contributed by atoms with Crippen molar-refractivity contribution in [3.63, 3.8) is 0 Å². The lowest BCUT2D eigenvalue weighted by atomic mass is 9.65. The van der Waals surface area contributed by atoms with E-state index >= 15 is 13.2 Å². The molecule has 0 radical (unpaired) electrons. The molecule has 0 aromatic heterocycles. The molecular formula is C23F12N4. The highest BCUT2D eigenvalue weighted by molar-refractivity contribution is 5.68. The fourth-order valence-electron chi connectivity index (χ4n) is 3.81. The predicted octanol–water partition coefficient (Wildman–Crippen LogP) is 5.83. The molecule has 0 heterocycles. The van der Waals surface area contributed by atoms with Crippen LogP contribution in [0.25, 0.3) is 0 Å². The molecular weight excluding hydrogens is 560 g/mol. The average Bonchev–Trinajstić information content (AvgIpc) is 2.93. The number of benzene rings is 3. The predicted molar refractivity (Wildman–Crippen MR) is 98.5 cm³/mol. The summed E-state index contributed by atoms with van der Waals surface area (Å²) in [5.41, 5.74) is -18.8. The van der Waals surface area contributed by atoms with E-state index in [0.29, 0.717) is 24.3 Å². The van der Waals surface area contributed by atoms with Crippen LogP contribution in [0.15, 0.2) is 0 Å². The molecule has 39 heavy (non-hydrogen) atoms. The van der Waals surface area contributed by atoms with E-state index in [2.05, 4.69) is 0 Å². The SMILES string of the molecule is N#Cc1c(F)c(F)c(F)c(F)c1C(C#N)(c1c(F)c(F)c(F)c(F)c1C#N)c1c(F)c(F)c(F)c(F)c1C#N. The van der Waals surface area contributed by atoms with Crippen molar-refractivity contribution in [1.82, 2.24) is 0 Å². The number of halogens is 12. The molecule has 4 nitrogen and oxygen atoms in total. The van der Waals surface area contributed by atoms with Gasteiger partial charge in [-0.25, -0.2) is 52.7 Å². The van der Waals surface area contributed by atoms with E-state index < -0.39 is 109 Å². The van der Waals surface area contributed by atoms with E-state index in [4.69, 9.17) is 0 Å². The maximum Gasteiger partial charge on any atom is 0.198 e. The molecule has 0 saturated carbocycles. The van der Waals surface area contributed by atoms with Crippen molar-refractivity contribution in [1.29, 1.82) is 21.0 Å². The second-order valence-electron chi connectivity index (χ2n) is 7.22. The Morgan fingerprint density at radius 3 is 0.718 bits per heavy atom. The van der Waals surface area contributed by atoms with Crippen LogP contribution >= 0.6 is 0 Å². The van der Waals surface area contributed by atoms with Crippen molar-refractivity contribution in [2.24, 2.45) is 0 Å². The van der Waals surface area contributed by atoms with E-state index in [1.165, 1.54) is 0 Å². The molecule has 0 aliphatic carbocycles. The van der Waals surface area contributed by atoms with Gasteiger partial charge in [0.2, 0.25) is 0 Å². The van der Waals surface area contributed by atoms with Crippen molar-refractivity contribution in [3.05, 3.63) is 103 Å². The monoisotopic (exact) mass is 560 g/mol.